The Morgan fingerprint density at radius 3 is 3.06 bits per heavy atom. The van der Waals surface area contributed by atoms with Crippen LogP contribution >= 0.6 is 0 Å². The Balaban J connectivity index is 2.09. The van der Waals surface area contributed by atoms with Crippen LogP contribution in [0.4, 0.5) is 4.39 Å². The molecule has 1 aromatic rings. The van der Waals surface area contributed by atoms with E-state index in [1.807, 2.05) is 0 Å². The molecule has 3 nitrogen and oxygen atoms in total. The number of carbonyl (C=O) groups excluding carboxylic acids is 1. The van der Waals surface area contributed by atoms with Crippen molar-refractivity contribution >= 4 is 5.97 Å². The Morgan fingerprint density at radius 2 is 2.33 bits per heavy atom. The van der Waals surface area contributed by atoms with Crippen molar-refractivity contribution in [3.05, 3.63) is 29.1 Å². The molecule has 0 aliphatic heterocycles. The maximum Gasteiger partial charge on any atom is 0.309 e. The number of esters is 1. The number of aryl methyl sites for hydroxylation is 1. The number of benzene rings is 1. The molecule has 2 aliphatic carbocycles. The van der Waals surface area contributed by atoms with Crippen LogP contribution in [-0.4, -0.2) is 18.2 Å². The van der Waals surface area contributed by atoms with E-state index in [-0.39, 0.29) is 17.6 Å². The Labute approximate surface area is 105 Å². The molecule has 18 heavy (non-hydrogen) atoms. The highest BCUT2D eigenvalue weighted by molar-refractivity contribution is 5.79. The van der Waals surface area contributed by atoms with Gasteiger partial charge in [-0.3, -0.25) is 4.79 Å². The standard InChI is InChI=1S/C14H15FO3/c1-18-13(17)9-7-14(9)6-2-3-8-4-5-10(16)12(15)11(8)14/h4-5,9,16H,2-3,6-7H2,1H3/t9-,14+/m0/s1. The Morgan fingerprint density at radius 1 is 1.56 bits per heavy atom. The number of aromatic hydroxyl groups is 1. The van der Waals surface area contributed by atoms with Crippen molar-refractivity contribution in [1.29, 1.82) is 0 Å². The highest BCUT2D eigenvalue weighted by Crippen LogP contribution is 2.61. The second-order valence-corrected chi connectivity index (χ2v) is 5.22. The van der Waals surface area contributed by atoms with Crippen LogP contribution < -0.4 is 0 Å². The molecule has 0 amide bonds. The third kappa shape index (κ3) is 1.38. The molecule has 4 heteroatoms. The second kappa shape index (κ2) is 3.70. The van der Waals surface area contributed by atoms with Gasteiger partial charge < -0.3 is 9.84 Å². The molecule has 2 atom stereocenters. The molecule has 1 saturated carbocycles. The minimum atomic E-state index is -0.557. The number of phenolic OH excluding ortho intramolecular Hbond substituents is 1. The summed E-state index contributed by atoms with van der Waals surface area (Å²) in [6.07, 6.45) is 3.18. The van der Waals surface area contributed by atoms with Crippen molar-refractivity contribution in [2.75, 3.05) is 7.11 Å². The molecule has 3 rings (SSSR count). The second-order valence-electron chi connectivity index (χ2n) is 5.22. The summed E-state index contributed by atoms with van der Waals surface area (Å²) in [4.78, 5) is 11.6. The fraction of sp³-hybridized carbons (Fsp3) is 0.500. The first-order chi connectivity index (χ1) is 8.60. The van der Waals surface area contributed by atoms with E-state index in [0.29, 0.717) is 12.0 Å². The van der Waals surface area contributed by atoms with Gasteiger partial charge in [0.15, 0.2) is 11.6 Å². The topological polar surface area (TPSA) is 46.5 Å². The SMILES string of the molecule is COC(=O)[C@@H]1C[C@]12CCCc1ccc(O)c(F)c12. The van der Waals surface area contributed by atoms with Crippen LogP contribution in [-0.2, 0) is 21.4 Å². The van der Waals surface area contributed by atoms with Gasteiger partial charge in [0.25, 0.3) is 0 Å². The van der Waals surface area contributed by atoms with E-state index in [4.69, 9.17) is 4.74 Å². The number of hydrogen-bond donors (Lipinski definition) is 1. The smallest absolute Gasteiger partial charge is 0.309 e. The van der Waals surface area contributed by atoms with E-state index in [2.05, 4.69) is 0 Å². The lowest BCUT2D eigenvalue weighted by molar-refractivity contribution is -0.142. The van der Waals surface area contributed by atoms with E-state index in [1.165, 1.54) is 13.2 Å². The Bertz CT molecular complexity index is 526. The van der Waals surface area contributed by atoms with Gasteiger partial charge in [0.05, 0.1) is 13.0 Å². The molecule has 1 aromatic carbocycles. The molecule has 0 unspecified atom stereocenters. The van der Waals surface area contributed by atoms with Crippen molar-refractivity contribution in [2.45, 2.75) is 31.1 Å². The summed E-state index contributed by atoms with van der Waals surface area (Å²) in [5.74, 6) is -1.41. The van der Waals surface area contributed by atoms with Crippen molar-refractivity contribution in [3.8, 4) is 5.75 Å². The van der Waals surface area contributed by atoms with Gasteiger partial charge in [0.2, 0.25) is 0 Å². The van der Waals surface area contributed by atoms with Crippen LogP contribution in [0.25, 0.3) is 0 Å². The molecular formula is C14H15FO3. The molecule has 0 bridgehead atoms. The van der Waals surface area contributed by atoms with Crippen molar-refractivity contribution in [2.24, 2.45) is 5.92 Å². The predicted octanol–water partition coefficient (Wildman–Crippen LogP) is 2.30. The molecule has 1 N–H and O–H groups in total. The molecular weight excluding hydrogens is 235 g/mol. The average Bonchev–Trinajstić information content (AvgIpc) is 3.08. The first kappa shape index (κ1) is 11.5. The van der Waals surface area contributed by atoms with Crippen LogP contribution in [0, 0.1) is 11.7 Å². The minimum Gasteiger partial charge on any atom is -0.505 e. The van der Waals surface area contributed by atoms with Gasteiger partial charge in [-0.1, -0.05) is 6.07 Å². The van der Waals surface area contributed by atoms with E-state index < -0.39 is 11.2 Å². The first-order valence-electron chi connectivity index (χ1n) is 6.19. The molecule has 0 radical (unpaired) electrons. The van der Waals surface area contributed by atoms with Gasteiger partial charge in [-0.15, -0.1) is 0 Å². The van der Waals surface area contributed by atoms with E-state index >= 15 is 0 Å². The monoisotopic (exact) mass is 250 g/mol. The lowest BCUT2D eigenvalue weighted by Crippen LogP contribution is -2.23. The first-order valence-corrected chi connectivity index (χ1v) is 6.19. The minimum absolute atomic E-state index is 0.252. The molecule has 1 fully saturated rings. The molecule has 1 spiro atoms. The summed E-state index contributed by atoms with van der Waals surface area (Å²) in [5, 5.41) is 9.53. The van der Waals surface area contributed by atoms with E-state index in [0.717, 1.165) is 24.8 Å². The Hall–Kier alpha value is -1.58. The summed E-state index contributed by atoms with van der Waals surface area (Å²) in [6.45, 7) is 0. The normalized spacial score (nSPS) is 28.9. The average molecular weight is 250 g/mol. The molecule has 96 valence electrons. The fourth-order valence-corrected chi connectivity index (χ4v) is 3.38. The number of halogens is 1. The number of ether oxygens (including phenoxy) is 1. The zero-order valence-electron chi connectivity index (χ0n) is 10.2. The van der Waals surface area contributed by atoms with Gasteiger partial charge >= 0.3 is 5.97 Å². The summed E-state index contributed by atoms with van der Waals surface area (Å²) < 4.78 is 18.9. The summed E-state index contributed by atoms with van der Waals surface area (Å²) in [6, 6.07) is 3.16. The summed E-state index contributed by atoms with van der Waals surface area (Å²) in [7, 11) is 1.36. The van der Waals surface area contributed by atoms with Crippen LogP contribution in [0.15, 0.2) is 12.1 Å². The zero-order chi connectivity index (χ0) is 12.9. The number of rotatable bonds is 1. The number of hydrogen-bond acceptors (Lipinski definition) is 3. The Kier molecular flexibility index (Phi) is 2.37. The zero-order valence-corrected chi connectivity index (χ0v) is 10.2. The number of carbonyl (C=O) groups is 1. The van der Waals surface area contributed by atoms with Gasteiger partial charge in [-0.05, 0) is 37.3 Å². The maximum absolute atomic E-state index is 14.2. The largest absolute Gasteiger partial charge is 0.505 e. The summed E-state index contributed by atoms with van der Waals surface area (Å²) in [5.41, 5.74) is 1.04. The van der Waals surface area contributed by atoms with E-state index in [1.54, 1.807) is 6.07 Å². The highest BCUT2D eigenvalue weighted by Gasteiger charge is 2.62. The maximum atomic E-state index is 14.2. The van der Waals surface area contributed by atoms with Gasteiger partial charge in [-0.25, -0.2) is 4.39 Å². The number of methoxy groups -OCH3 is 1. The van der Waals surface area contributed by atoms with Crippen LogP contribution in [0.1, 0.15) is 30.4 Å². The van der Waals surface area contributed by atoms with Crippen molar-refractivity contribution in [1.82, 2.24) is 0 Å². The van der Waals surface area contributed by atoms with E-state index in [9.17, 15) is 14.3 Å². The van der Waals surface area contributed by atoms with Crippen molar-refractivity contribution in [3.63, 3.8) is 0 Å². The third-order valence-corrected chi connectivity index (χ3v) is 4.34. The van der Waals surface area contributed by atoms with Gasteiger partial charge in [0.1, 0.15) is 0 Å². The molecule has 0 aromatic heterocycles. The van der Waals surface area contributed by atoms with Crippen LogP contribution in [0.2, 0.25) is 0 Å². The lowest BCUT2D eigenvalue weighted by Gasteiger charge is -2.27. The van der Waals surface area contributed by atoms with Gasteiger partial charge in [0, 0.05) is 11.0 Å². The third-order valence-electron chi connectivity index (χ3n) is 4.34. The van der Waals surface area contributed by atoms with Crippen LogP contribution in [0.5, 0.6) is 5.75 Å². The highest BCUT2D eigenvalue weighted by atomic mass is 19.1. The predicted molar refractivity (Wildman–Crippen MR) is 62.8 cm³/mol. The summed E-state index contributed by atoms with van der Waals surface area (Å²) >= 11 is 0. The lowest BCUT2D eigenvalue weighted by atomic mass is 9.78. The van der Waals surface area contributed by atoms with Crippen molar-refractivity contribution < 1.29 is 19.0 Å². The fourth-order valence-electron chi connectivity index (χ4n) is 3.38. The molecule has 0 heterocycles. The number of phenols is 1. The van der Waals surface area contributed by atoms with Gasteiger partial charge in [-0.2, -0.15) is 0 Å². The quantitative estimate of drug-likeness (QED) is 0.778. The number of fused-ring (bicyclic) bond motifs is 2. The molecule has 0 saturated heterocycles. The van der Waals surface area contributed by atoms with Crippen LogP contribution in [0.3, 0.4) is 0 Å². The molecule has 2 aliphatic rings.